The van der Waals surface area contributed by atoms with Crippen molar-refractivity contribution in [2.24, 2.45) is 0 Å². The molecule has 1 saturated carbocycles. The lowest BCUT2D eigenvalue weighted by Gasteiger charge is -2.43. The summed E-state index contributed by atoms with van der Waals surface area (Å²) in [5.74, 6) is -1.48. The summed E-state index contributed by atoms with van der Waals surface area (Å²) in [7, 11) is 0. The number of alkyl halides is 3. The second-order valence-corrected chi connectivity index (χ2v) is 15.9. The van der Waals surface area contributed by atoms with Gasteiger partial charge >= 0.3 is 6.18 Å². The number of benzene rings is 3. The SMILES string of the molecule is CCc1cc(N2C(=S)N(c3ccc(C#N)c(C(F)(F)F)c3)C(=O)C23CCC3)ccc1OCCN1CCN(CC(=O)Nc2cc(F)cc(NC3CCC(=O)NC3=O)c2)C(C)C1. The van der Waals surface area contributed by atoms with Crippen LogP contribution in [0.25, 0.3) is 0 Å². The van der Waals surface area contributed by atoms with Crippen molar-refractivity contribution in [3.63, 3.8) is 0 Å². The van der Waals surface area contributed by atoms with Crippen LogP contribution >= 0.6 is 12.2 Å². The molecule has 1 spiro atoms. The molecule has 3 saturated heterocycles. The van der Waals surface area contributed by atoms with E-state index >= 15 is 0 Å². The van der Waals surface area contributed by atoms with Crippen molar-refractivity contribution in [3.05, 3.63) is 77.1 Å². The van der Waals surface area contributed by atoms with Crippen molar-refractivity contribution in [1.29, 1.82) is 5.26 Å². The predicted octanol–water partition coefficient (Wildman–Crippen LogP) is 5.58. The predicted molar refractivity (Wildman–Crippen MR) is 219 cm³/mol. The van der Waals surface area contributed by atoms with E-state index in [1.165, 1.54) is 18.2 Å². The van der Waals surface area contributed by atoms with E-state index in [1.54, 1.807) is 17.0 Å². The number of nitrogens with one attached hydrogen (secondary N) is 3. The minimum atomic E-state index is -4.79. The fraction of sp³-hybridized carbons (Fsp3) is 0.429. The molecule has 2 atom stereocenters. The smallest absolute Gasteiger partial charge is 0.417 e. The van der Waals surface area contributed by atoms with Crippen molar-refractivity contribution < 1.29 is 41.5 Å². The Morgan fingerprint density at radius 3 is 2.47 bits per heavy atom. The molecular weight excluding hydrogens is 805 g/mol. The number of piperidine rings is 1. The molecule has 60 heavy (non-hydrogen) atoms. The molecule has 4 aliphatic rings. The van der Waals surface area contributed by atoms with E-state index in [9.17, 15) is 42.0 Å². The molecule has 0 bridgehead atoms. The molecule has 4 fully saturated rings. The summed E-state index contributed by atoms with van der Waals surface area (Å²) in [4.78, 5) is 57.8. The number of anilines is 4. The maximum absolute atomic E-state index is 14.5. The first kappa shape index (κ1) is 42.5. The van der Waals surface area contributed by atoms with Gasteiger partial charge in [-0.25, -0.2) is 4.39 Å². The number of rotatable bonds is 12. The number of ether oxygens (including phenoxy) is 1. The number of imide groups is 1. The number of hydrogen-bond donors (Lipinski definition) is 3. The van der Waals surface area contributed by atoms with E-state index in [-0.39, 0.29) is 53.7 Å². The number of piperazine rings is 1. The van der Waals surface area contributed by atoms with Crippen LogP contribution in [0, 0.1) is 17.1 Å². The lowest BCUT2D eigenvalue weighted by Crippen LogP contribution is -2.55. The van der Waals surface area contributed by atoms with Gasteiger partial charge in [0.2, 0.25) is 17.7 Å². The number of carbonyl (C=O) groups is 4. The van der Waals surface area contributed by atoms with Crippen LogP contribution in [-0.4, -0.2) is 95.5 Å². The molecule has 316 valence electrons. The van der Waals surface area contributed by atoms with E-state index < -0.39 is 46.5 Å². The Balaban J connectivity index is 0.931. The van der Waals surface area contributed by atoms with E-state index in [1.807, 2.05) is 36.9 Å². The normalized spacial score (nSPS) is 20.8. The maximum Gasteiger partial charge on any atom is 0.417 e. The van der Waals surface area contributed by atoms with Gasteiger partial charge in [0.1, 0.15) is 29.8 Å². The van der Waals surface area contributed by atoms with Gasteiger partial charge in [0, 0.05) is 55.7 Å². The molecule has 3 heterocycles. The summed E-state index contributed by atoms with van der Waals surface area (Å²) >= 11 is 5.80. The average Bonchev–Trinajstić information content (AvgIpc) is 3.42. The summed E-state index contributed by atoms with van der Waals surface area (Å²) in [6.45, 7) is 7.07. The van der Waals surface area contributed by atoms with Gasteiger partial charge in [-0.15, -0.1) is 0 Å². The number of nitriles is 1. The molecule has 3 aliphatic heterocycles. The number of nitrogens with zero attached hydrogens (tertiary/aromatic N) is 5. The molecule has 2 unspecified atom stereocenters. The number of carbonyl (C=O) groups excluding carboxylic acids is 4. The zero-order chi connectivity index (χ0) is 42.9. The molecule has 3 aromatic carbocycles. The highest BCUT2D eigenvalue weighted by Gasteiger charge is 2.59. The Labute approximate surface area is 349 Å². The Hall–Kier alpha value is -5.64. The van der Waals surface area contributed by atoms with Gasteiger partial charge in [-0.2, -0.15) is 18.4 Å². The maximum atomic E-state index is 14.5. The summed E-state index contributed by atoms with van der Waals surface area (Å²) in [5.41, 5.74) is -0.672. The number of hydrogen-bond acceptors (Lipinski definition) is 10. The number of amides is 4. The zero-order valence-corrected chi connectivity index (χ0v) is 33.9. The molecule has 1 aliphatic carbocycles. The molecule has 0 aromatic heterocycles. The third-order valence-corrected chi connectivity index (χ3v) is 12.0. The quantitative estimate of drug-likeness (QED) is 0.119. The highest BCUT2D eigenvalue weighted by atomic mass is 32.1. The first-order valence-corrected chi connectivity index (χ1v) is 20.2. The molecule has 3 aromatic rings. The van der Waals surface area contributed by atoms with Gasteiger partial charge in [-0.1, -0.05) is 6.92 Å². The topological polar surface area (TPSA) is 150 Å². The molecular formula is C42H44F4N8O5S. The molecule has 0 radical (unpaired) electrons. The summed E-state index contributed by atoms with van der Waals surface area (Å²) in [6.07, 6.45) is -2.02. The van der Waals surface area contributed by atoms with Crippen LogP contribution in [0.1, 0.15) is 62.6 Å². The van der Waals surface area contributed by atoms with E-state index in [0.29, 0.717) is 69.2 Å². The lowest BCUT2D eigenvalue weighted by molar-refractivity contribution is -0.138. The molecule has 4 amide bonds. The third-order valence-electron chi connectivity index (χ3n) is 11.6. The van der Waals surface area contributed by atoms with Gasteiger partial charge in [0.25, 0.3) is 5.91 Å². The first-order valence-electron chi connectivity index (χ1n) is 19.8. The van der Waals surface area contributed by atoms with Crippen LogP contribution in [0.15, 0.2) is 54.6 Å². The Morgan fingerprint density at radius 1 is 1.05 bits per heavy atom. The monoisotopic (exact) mass is 848 g/mol. The van der Waals surface area contributed by atoms with E-state index in [2.05, 4.69) is 20.9 Å². The van der Waals surface area contributed by atoms with Crippen LogP contribution in [0.4, 0.5) is 40.3 Å². The third kappa shape index (κ3) is 8.65. The number of aryl methyl sites for hydroxylation is 1. The number of halogens is 4. The second kappa shape index (κ2) is 17.1. The summed E-state index contributed by atoms with van der Waals surface area (Å²) in [5, 5.41) is 17.3. The van der Waals surface area contributed by atoms with Crippen molar-refractivity contribution in [3.8, 4) is 11.8 Å². The van der Waals surface area contributed by atoms with Crippen molar-refractivity contribution >= 4 is 63.7 Å². The standard InChI is InChI=1S/C42H44F4N8O5S/c1-3-26-17-32(54-40(60)53(39(58)41(54)11-4-12-41)31-6-5-27(22-47)33(21-31)42(44,45)46)7-9-35(26)59-16-15-51-13-14-52(25(2)23-51)24-37(56)49-30-19-28(43)18-29(20-30)48-34-8-10-36(55)50-38(34)57/h5-7,9,17-21,25,34,48H,3-4,8,10-16,23-24H2,1-2H3,(H,49,56)(H,50,55,57). The molecule has 18 heteroatoms. The first-order chi connectivity index (χ1) is 28.6. The average molecular weight is 849 g/mol. The Bertz CT molecular complexity index is 2260. The zero-order valence-electron chi connectivity index (χ0n) is 33.0. The summed E-state index contributed by atoms with van der Waals surface area (Å²) in [6, 6.07) is 13.6. The van der Waals surface area contributed by atoms with Gasteiger partial charge in [0.05, 0.1) is 29.4 Å². The van der Waals surface area contributed by atoms with Gasteiger partial charge in [-0.3, -0.25) is 39.2 Å². The van der Waals surface area contributed by atoms with Crippen LogP contribution in [-0.2, 0) is 31.8 Å². The lowest BCUT2D eigenvalue weighted by atomic mass is 9.75. The summed E-state index contributed by atoms with van der Waals surface area (Å²) < 4.78 is 62.3. The minimum Gasteiger partial charge on any atom is -0.492 e. The Morgan fingerprint density at radius 2 is 1.80 bits per heavy atom. The van der Waals surface area contributed by atoms with Gasteiger partial charge < -0.3 is 20.3 Å². The van der Waals surface area contributed by atoms with Crippen LogP contribution in [0.5, 0.6) is 5.75 Å². The number of thiocarbonyl (C=S) groups is 1. The van der Waals surface area contributed by atoms with Crippen LogP contribution in [0.2, 0.25) is 0 Å². The second-order valence-electron chi connectivity index (χ2n) is 15.5. The van der Waals surface area contributed by atoms with Crippen molar-refractivity contribution in [1.82, 2.24) is 15.1 Å². The van der Waals surface area contributed by atoms with Crippen LogP contribution in [0.3, 0.4) is 0 Å². The molecule has 13 nitrogen and oxygen atoms in total. The van der Waals surface area contributed by atoms with Gasteiger partial charge in [0.15, 0.2) is 5.11 Å². The largest absolute Gasteiger partial charge is 0.492 e. The Kier molecular flexibility index (Phi) is 12.1. The highest BCUT2D eigenvalue weighted by molar-refractivity contribution is 7.81. The highest BCUT2D eigenvalue weighted by Crippen LogP contribution is 2.49. The van der Waals surface area contributed by atoms with Gasteiger partial charge in [-0.05, 0) is 111 Å². The van der Waals surface area contributed by atoms with E-state index in [0.717, 1.165) is 29.0 Å². The van der Waals surface area contributed by atoms with Crippen molar-refractivity contribution in [2.75, 3.05) is 59.8 Å². The van der Waals surface area contributed by atoms with Crippen LogP contribution < -0.4 is 30.5 Å². The molecule has 7 rings (SSSR count). The van der Waals surface area contributed by atoms with Crippen molar-refractivity contribution in [2.45, 2.75) is 76.2 Å². The minimum absolute atomic E-state index is 0.0296. The van der Waals surface area contributed by atoms with E-state index in [4.69, 9.17) is 17.0 Å². The molecule has 3 N–H and O–H groups in total. The fourth-order valence-corrected chi connectivity index (χ4v) is 8.76. The fourth-order valence-electron chi connectivity index (χ4n) is 8.29.